The minimum Gasteiger partial charge on any atom is -0.497 e. The molecule has 0 bridgehead atoms. The van der Waals surface area contributed by atoms with E-state index in [4.69, 9.17) is 16.3 Å². The van der Waals surface area contributed by atoms with Crippen LogP contribution in [-0.2, 0) is 6.54 Å². The summed E-state index contributed by atoms with van der Waals surface area (Å²) in [6, 6.07) is 16.4. The summed E-state index contributed by atoms with van der Waals surface area (Å²) in [5, 5.41) is 6.61. The van der Waals surface area contributed by atoms with Gasteiger partial charge in [-0.05, 0) is 42.8 Å². The van der Waals surface area contributed by atoms with Crippen LogP contribution in [0.2, 0.25) is 5.02 Å². The van der Waals surface area contributed by atoms with Crippen LogP contribution >= 0.6 is 11.6 Å². The Hall–Kier alpha value is -3.12. The molecule has 27 heavy (non-hydrogen) atoms. The first-order chi connectivity index (χ1) is 13.0. The number of aryl methyl sites for hydroxylation is 1. The van der Waals surface area contributed by atoms with Crippen LogP contribution in [-0.4, -0.2) is 23.0 Å². The molecule has 1 amide bonds. The fourth-order valence-corrected chi connectivity index (χ4v) is 2.68. The molecular formula is C20H19ClN4O2. The third-order valence-electron chi connectivity index (χ3n) is 3.83. The van der Waals surface area contributed by atoms with Crippen LogP contribution in [0.25, 0.3) is 0 Å². The number of carbonyl (C=O) groups excluding carboxylic acids is 1. The van der Waals surface area contributed by atoms with Gasteiger partial charge in [-0.25, -0.2) is 9.97 Å². The summed E-state index contributed by atoms with van der Waals surface area (Å²) in [5.74, 6) is 1.50. The minimum atomic E-state index is -0.293. The van der Waals surface area contributed by atoms with Crippen molar-refractivity contribution in [3.8, 4) is 5.75 Å². The summed E-state index contributed by atoms with van der Waals surface area (Å²) < 4.78 is 5.15. The summed E-state index contributed by atoms with van der Waals surface area (Å²) in [6.45, 7) is 2.06. The van der Waals surface area contributed by atoms with Gasteiger partial charge in [0.2, 0.25) is 0 Å². The summed E-state index contributed by atoms with van der Waals surface area (Å²) in [5.41, 5.74) is 1.96. The molecule has 138 valence electrons. The van der Waals surface area contributed by atoms with E-state index in [9.17, 15) is 4.79 Å². The Morgan fingerprint density at radius 1 is 1.11 bits per heavy atom. The van der Waals surface area contributed by atoms with Crippen molar-refractivity contribution in [2.24, 2.45) is 0 Å². The predicted molar refractivity (Wildman–Crippen MR) is 106 cm³/mol. The molecule has 0 unspecified atom stereocenters. The van der Waals surface area contributed by atoms with E-state index < -0.39 is 0 Å². The maximum absolute atomic E-state index is 12.5. The number of nitrogens with one attached hydrogen (secondary N) is 2. The lowest BCUT2D eigenvalue weighted by molar-refractivity contribution is 0.0945. The van der Waals surface area contributed by atoms with E-state index in [2.05, 4.69) is 20.6 Å². The molecule has 1 heterocycles. The van der Waals surface area contributed by atoms with Gasteiger partial charge in [-0.15, -0.1) is 0 Å². The molecule has 0 radical (unpaired) electrons. The van der Waals surface area contributed by atoms with Crippen LogP contribution in [0.15, 0.2) is 54.6 Å². The van der Waals surface area contributed by atoms with Crippen LogP contribution < -0.4 is 15.4 Å². The Balaban J connectivity index is 1.72. The zero-order valence-electron chi connectivity index (χ0n) is 15.0. The highest BCUT2D eigenvalue weighted by molar-refractivity contribution is 6.31. The number of hydrogen-bond acceptors (Lipinski definition) is 5. The zero-order chi connectivity index (χ0) is 19.2. The molecule has 0 saturated carbocycles. The van der Waals surface area contributed by atoms with Crippen LogP contribution in [0.1, 0.15) is 21.9 Å². The summed E-state index contributed by atoms with van der Waals surface area (Å²) in [6.07, 6.45) is 0. The number of amides is 1. The maximum atomic E-state index is 12.5. The van der Waals surface area contributed by atoms with Crippen molar-refractivity contribution in [2.75, 3.05) is 12.4 Å². The molecule has 0 aliphatic carbocycles. The molecule has 7 heteroatoms. The van der Waals surface area contributed by atoms with Gasteiger partial charge in [0.05, 0.1) is 7.11 Å². The van der Waals surface area contributed by atoms with Crippen molar-refractivity contribution < 1.29 is 9.53 Å². The van der Waals surface area contributed by atoms with Gasteiger partial charge in [-0.2, -0.15) is 0 Å². The summed E-state index contributed by atoms with van der Waals surface area (Å²) >= 11 is 6.12. The molecular weight excluding hydrogens is 364 g/mol. The number of halogens is 1. The Morgan fingerprint density at radius 3 is 2.56 bits per heavy atom. The van der Waals surface area contributed by atoms with Crippen molar-refractivity contribution in [3.05, 3.63) is 76.7 Å². The van der Waals surface area contributed by atoms with Crippen molar-refractivity contribution in [3.63, 3.8) is 0 Å². The van der Waals surface area contributed by atoms with Gasteiger partial charge in [0.25, 0.3) is 5.91 Å². The lowest BCUT2D eigenvalue weighted by atomic mass is 10.2. The number of carbonyl (C=O) groups is 1. The summed E-state index contributed by atoms with van der Waals surface area (Å²) in [4.78, 5) is 21.0. The second-order valence-corrected chi connectivity index (χ2v) is 6.22. The molecule has 2 aromatic carbocycles. The maximum Gasteiger partial charge on any atom is 0.270 e. The Bertz CT molecular complexity index is 945. The highest BCUT2D eigenvalue weighted by Gasteiger charge is 2.11. The number of rotatable bonds is 6. The predicted octanol–water partition coefficient (Wildman–Crippen LogP) is 4.12. The lowest BCUT2D eigenvalue weighted by Crippen LogP contribution is -2.24. The van der Waals surface area contributed by atoms with Gasteiger partial charge in [0.1, 0.15) is 23.1 Å². The van der Waals surface area contributed by atoms with E-state index in [1.165, 1.54) is 0 Å². The Labute approximate surface area is 162 Å². The van der Waals surface area contributed by atoms with E-state index in [0.717, 1.165) is 17.0 Å². The molecule has 2 N–H and O–H groups in total. The topological polar surface area (TPSA) is 76.1 Å². The number of nitrogens with zero attached hydrogens (tertiary/aromatic N) is 2. The normalized spacial score (nSPS) is 10.3. The first-order valence-corrected chi connectivity index (χ1v) is 8.71. The molecule has 3 rings (SSSR count). The average Bonchev–Trinajstić information content (AvgIpc) is 2.67. The van der Waals surface area contributed by atoms with Crippen molar-refractivity contribution in [1.29, 1.82) is 0 Å². The SMILES string of the molecule is COc1ccc(Nc2cc(C(=O)NCc3ccccc3Cl)nc(C)n2)cc1. The highest BCUT2D eigenvalue weighted by Crippen LogP contribution is 2.19. The van der Waals surface area contributed by atoms with Crippen LogP contribution in [0.5, 0.6) is 5.75 Å². The van der Waals surface area contributed by atoms with Crippen LogP contribution in [0.3, 0.4) is 0 Å². The molecule has 0 aliphatic heterocycles. The fourth-order valence-electron chi connectivity index (χ4n) is 2.48. The van der Waals surface area contributed by atoms with Crippen LogP contribution in [0, 0.1) is 6.92 Å². The van der Waals surface area contributed by atoms with E-state index in [1.54, 1.807) is 26.2 Å². The second kappa shape index (κ2) is 8.51. The number of aromatic nitrogens is 2. The van der Waals surface area contributed by atoms with Gasteiger partial charge in [0, 0.05) is 23.3 Å². The van der Waals surface area contributed by atoms with E-state index in [0.29, 0.717) is 23.2 Å². The van der Waals surface area contributed by atoms with Gasteiger partial charge in [-0.3, -0.25) is 4.79 Å². The quantitative estimate of drug-likeness (QED) is 0.670. The number of benzene rings is 2. The van der Waals surface area contributed by atoms with Crippen molar-refractivity contribution in [2.45, 2.75) is 13.5 Å². The Morgan fingerprint density at radius 2 is 1.85 bits per heavy atom. The molecule has 0 spiro atoms. The highest BCUT2D eigenvalue weighted by atomic mass is 35.5. The molecule has 1 aromatic heterocycles. The zero-order valence-corrected chi connectivity index (χ0v) is 15.7. The molecule has 6 nitrogen and oxygen atoms in total. The smallest absolute Gasteiger partial charge is 0.270 e. The molecule has 0 saturated heterocycles. The standard InChI is InChI=1S/C20H19ClN4O2/c1-13-23-18(20(26)22-12-14-5-3-4-6-17(14)21)11-19(24-13)25-15-7-9-16(27-2)10-8-15/h3-11H,12H2,1-2H3,(H,22,26)(H,23,24,25). The van der Waals surface area contributed by atoms with Crippen molar-refractivity contribution >= 4 is 29.0 Å². The molecule has 0 aliphatic rings. The molecule has 0 atom stereocenters. The number of anilines is 2. The van der Waals surface area contributed by atoms with Gasteiger partial charge < -0.3 is 15.4 Å². The third-order valence-corrected chi connectivity index (χ3v) is 4.20. The molecule has 0 fully saturated rings. The van der Waals surface area contributed by atoms with Gasteiger partial charge >= 0.3 is 0 Å². The average molecular weight is 383 g/mol. The number of methoxy groups -OCH3 is 1. The second-order valence-electron chi connectivity index (χ2n) is 5.81. The van der Waals surface area contributed by atoms with Crippen LogP contribution in [0.4, 0.5) is 11.5 Å². The van der Waals surface area contributed by atoms with E-state index >= 15 is 0 Å². The minimum absolute atomic E-state index is 0.283. The largest absolute Gasteiger partial charge is 0.497 e. The van der Waals surface area contributed by atoms with Gasteiger partial charge in [0.15, 0.2) is 0 Å². The first-order valence-electron chi connectivity index (χ1n) is 8.33. The first kappa shape index (κ1) is 18.7. The number of ether oxygens (including phenoxy) is 1. The monoisotopic (exact) mass is 382 g/mol. The van der Waals surface area contributed by atoms with E-state index in [1.807, 2.05) is 42.5 Å². The number of hydrogen-bond donors (Lipinski definition) is 2. The lowest BCUT2D eigenvalue weighted by Gasteiger charge is -2.10. The molecule has 3 aromatic rings. The fraction of sp³-hybridized carbons (Fsp3) is 0.150. The van der Waals surface area contributed by atoms with Gasteiger partial charge in [-0.1, -0.05) is 29.8 Å². The third kappa shape index (κ3) is 4.95. The van der Waals surface area contributed by atoms with Crippen molar-refractivity contribution in [1.82, 2.24) is 15.3 Å². The Kier molecular flexibility index (Phi) is 5.88. The van der Waals surface area contributed by atoms with E-state index in [-0.39, 0.29) is 11.6 Å². The summed E-state index contributed by atoms with van der Waals surface area (Å²) in [7, 11) is 1.61.